The summed E-state index contributed by atoms with van der Waals surface area (Å²) in [7, 11) is 0. The molecule has 0 fully saturated rings. The summed E-state index contributed by atoms with van der Waals surface area (Å²) in [5.74, 6) is 0. The number of hydrogen-bond donors (Lipinski definition) is 2. The van der Waals surface area contributed by atoms with Crippen LogP contribution in [0, 0.1) is 0 Å². The number of para-hydroxylation sites is 1. The van der Waals surface area contributed by atoms with Gasteiger partial charge in [0, 0.05) is 6.54 Å². The second-order valence-corrected chi connectivity index (χ2v) is 4.01. The molecule has 0 amide bonds. The lowest BCUT2D eigenvalue weighted by molar-refractivity contribution is 0.765. The average Bonchev–Trinajstić information content (AvgIpc) is 2.83. The molecule has 1 aromatic heterocycles. The molecule has 5 nitrogen and oxygen atoms in total. The predicted molar refractivity (Wildman–Crippen MR) is 70.9 cm³/mol. The Balaban J connectivity index is 1.96. The SMILES string of the molecule is NCc1cccc(Nn2nnc3ccccc32)c1. The molecule has 0 aliphatic rings. The standard InChI is InChI=1S/C13H13N5/c14-9-10-4-3-5-11(8-10)16-18-13-7-2-1-6-12(13)15-17-18/h1-8,16H,9,14H2. The maximum absolute atomic E-state index is 5.62. The first-order chi connectivity index (χ1) is 8.86. The van der Waals surface area contributed by atoms with E-state index in [1.165, 1.54) is 0 Å². The van der Waals surface area contributed by atoms with Gasteiger partial charge in [-0.3, -0.25) is 5.43 Å². The van der Waals surface area contributed by atoms with Crippen LogP contribution in [-0.2, 0) is 6.54 Å². The third kappa shape index (κ3) is 1.91. The normalized spacial score (nSPS) is 10.7. The van der Waals surface area contributed by atoms with Crippen LogP contribution in [-0.4, -0.2) is 15.1 Å². The molecule has 0 radical (unpaired) electrons. The summed E-state index contributed by atoms with van der Waals surface area (Å²) < 4.78 is 0. The smallest absolute Gasteiger partial charge is 0.115 e. The molecule has 90 valence electrons. The zero-order valence-corrected chi connectivity index (χ0v) is 9.74. The Bertz CT molecular complexity index is 674. The van der Waals surface area contributed by atoms with Crippen LogP contribution in [0.2, 0.25) is 0 Å². The van der Waals surface area contributed by atoms with Gasteiger partial charge in [-0.1, -0.05) is 24.3 Å². The van der Waals surface area contributed by atoms with Crippen molar-refractivity contribution in [2.24, 2.45) is 5.73 Å². The zero-order valence-electron chi connectivity index (χ0n) is 9.74. The average molecular weight is 239 g/mol. The van der Waals surface area contributed by atoms with Gasteiger partial charge in [0.25, 0.3) is 0 Å². The number of benzene rings is 2. The van der Waals surface area contributed by atoms with E-state index in [0.717, 1.165) is 22.3 Å². The Kier molecular flexibility index (Phi) is 2.66. The van der Waals surface area contributed by atoms with Crippen molar-refractivity contribution < 1.29 is 0 Å². The van der Waals surface area contributed by atoms with Crippen LogP contribution in [0.4, 0.5) is 5.69 Å². The second kappa shape index (κ2) is 4.46. The van der Waals surface area contributed by atoms with Crippen LogP contribution in [0.15, 0.2) is 48.5 Å². The molecule has 5 heteroatoms. The number of anilines is 1. The molecular weight excluding hydrogens is 226 g/mol. The molecule has 0 unspecified atom stereocenters. The fraction of sp³-hybridized carbons (Fsp3) is 0.0769. The number of rotatable bonds is 3. The summed E-state index contributed by atoms with van der Waals surface area (Å²) in [5.41, 5.74) is 12.6. The number of nitrogens with one attached hydrogen (secondary N) is 1. The van der Waals surface area contributed by atoms with Crippen molar-refractivity contribution in [2.75, 3.05) is 5.43 Å². The van der Waals surface area contributed by atoms with Crippen molar-refractivity contribution in [2.45, 2.75) is 6.54 Å². The molecule has 18 heavy (non-hydrogen) atoms. The van der Waals surface area contributed by atoms with Gasteiger partial charge in [0.2, 0.25) is 0 Å². The van der Waals surface area contributed by atoms with E-state index in [9.17, 15) is 0 Å². The van der Waals surface area contributed by atoms with E-state index in [0.29, 0.717) is 6.54 Å². The van der Waals surface area contributed by atoms with Gasteiger partial charge in [0.15, 0.2) is 0 Å². The molecule has 2 aromatic carbocycles. The fourth-order valence-corrected chi connectivity index (χ4v) is 1.84. The fourth-order valence-electron chi connectivity index (χ4n) is 1.84. The lowest BCUT2D eigenvalue weighted by Gasteiger charge is -2.07. The number of nitrogens with two attached hydrogens (primary N) is 1. The Hall–Kier alpha value is -2.40. The molecule has 0 saturated heterocycles. The van der Waals surface area contributed by atoms with Crippen molar-refractivity contribution in [3.05, 3.63) is 54.1 Å². The molecule has 0 aliphatic heterocycles. The van der Waals surface area contributed by atoms with Crippen LogP contribution in [0.1, 0.15) is 5.56 Å². The van der Waals surface area contributed by atoms with Gasteiger partial charge >= 0.3 is 0 Å². The molecule has 1 heterocycles. The Morgan fingerprint density at radius 1 is 1.11 bits per heavy atom. The largest absolute Gasteiger partial charge is 0.326 e. The van der Waals surface area contributed by atoms with Gasteiger partial charge in [-0.2, -0.15) is 4.79 Å². The van der Waals surface area contributed by atoms with Gasteiger partial charge in [0.05, 0.1) is 5.69 Å². The van der Waals surface area contributed by atoms with E-state index < -0.39 is 0 Å². The molecular formula is C13H13N5. The Morgan fingerprint density at radius 2 is 2.00 bits per heavy atom. The third-order valence-corrected chi connectivity index (χ3v) is 2.75. The highest BCUT2D eigenvalue weighted by atomic mass is 15.6. The predicted octanol–water partition coefficient (Wildman–Crippen LogP) is 1.77. The van der Waals surface area contributed by atoms with Crippen molar-refractivity contribution in [1.29, 1.82) is 0 Å². The molecule has 3 aromatic rings. The lowest BCUT2D eigenvalue weighted by atomic mass is 10.2. The minimum absolute atomic E-state index is 0.521. The molecule has 0 atom stereocenters. The van der Waals surface area contributed by atoms with E-state index in [2.05, 4.69) is 15.7 Å². The number of fused-ring (bicyclic) bond motifs is 1. The molecule has 0 aliphatic carbocycles. The van der Waals surface area contributed by atoms with E-state index >= 15 is 0 Å². The Morgan fingerprint density at radius 3 is 2.89 bits per heavy atom. The first-order valence-electron chi connectivity index (χ1n) is 5.73. The molecule has 0 bridgehead atoms. The quantitative estimate of drug-likeness (QED) is 0.730. The van der Waals surface area contributed by atoms with E-state index in [1.807, 2.05) is 48.5 Å². The summed E-state index contributed by atoms with van der Waals surface area (Å²) in [4.78, 5) is 1.66. The van der Waals surface area contributed by atoms with E-state index in [1.54, 1.807) is 4.79 Å². The summed E-state index contributed by atoms with van der Waals surface area (Å²) >= 11 is 0. The van der Waals surface area contributed by atoms with Crippen molar-refractivity contribution in [3.8, 4) is 0 Å². The summed E-state index contributed by atoms with van der Waals surface area (Å²) in [6.07, 6.45) is 0. The van der Waals surface area contributed by atoms with Crippen molar-refractivity contribution in [3.63, 3.8) is 0 Å². The second-order valence-electron chi connectivity index (χ2n) is 4.01. The van der Waals surface area contributed by atoms with E-state index in [-0.39, 0.29) is 0 Å². The minimum atomic E-state index is 0.521. The monoisotopic (exact) mass is 239 g/mol. The van der Waals surface area contributed by atoms with Crippen LogP contribution in [0.3, 0.4) is 0 Å². The first-order valence-corrected chi connectivity index (χ1v) is 5.73. The van der Waals surface area contributed by atoms with E-state index in [4.69, 9.17) is 5.73 Å². The molecule has 0 saturated carbocycles. The molecule has 0 spiro atoms. The van der Waals surface area contributed by atoms with Gasteiger partial charge in [0.1, 0.15) is 11.0 Å². The lowest BCUT2D eigenvalue weighted by Crippen LogP contribution is -2.11. The first kappa shape index (κ1) is 10.7. The van der Waals surface area contributed by atoms with Crippen LogP contribution >= 0.6 is 0 Å². The molecule has 3 rings (SSSR count). The Labute approximate surface area is 104 Å². The van der Waals surface area contributed by atoms with Crippen LogP contribution < -0.4 is 11.2 Å². The van der Waals surface area contributed by atoms with Gasteiger partial charge in [-0.15, -0.1) is 5.10 Å². The van der Waals surface area contributed by atoms with Crippen molar-refractivity contribution >= 4 is 16.7 Å². The number of aromatic nitrogens is 3. The van der Waals surface area contributed by atoms with Crippen molar-refractivity contribution in [1.82, 2.24) is 15.1 Å². The number of nitrogens with zero attached hydrogens (tertiary/aromatic N) is 3. The van der Waals surface area contributed by atoms with Gasteiger partial charge in [-0.25, -0.2) is 0 Å². The van der Waals surface area contributed by atoms with Crippen LogP contribution in [0.25, 0.3) is 11.0 Å². The maximum Gasteiger partial charge on any atom is 0.115 e. The third-order valence-electron chi connectivity index (χ3n) is 2.75. The molecule has 3 N–H and O–H groups in total. The highest BCUT2D eigenvalue weighted by Gasteiger charge is 2.03. The van der Waals surface area contributed by atoms with Gasteiger partial charge < -0.3 is 5.73 Å². The summed E-state index contributed by atoms with van der Waals surface area (Å²) in [5, 5.41) is 8.15. The zero-order chi connectivity index (χ0) is 12.4. The highest BCUT2D eigenvalue weighted by Crippen LogP contribution is 2.13. The number of hydrogen-bond acceptors (Lipinski definition) is 4. The minimum Gasteiger partial charge on any atom is -0.326 e. The highest BCUT2D eigenvalue weighted by molar-refractivity contribution is 5.74. The van der Waals surface area contributed by atoms with Gasteiger partial charge in [-0.05, 0) is 35.0 Å². The summed E-state index contributed by atoms with van der Waals surface area (Å²) in [6, 6.07) is 15.7. The topological polar surface area (TPSA) is 68.8 Å². The summed E-state index contributed by atoms with van der Waals surface area (Å²) in [6.45, 7) is 0.521. The maximum atomic E-state index is 5.62. The van der Waals surface area contributed by atoms with Crippen LogP contribution in [0.5, 0.6) is 0 Å².